The molecule has 2 aromatic rings. The lowest BCUT2D eigenvalue weighted by molar-refractivity contribution is 0.102. The molecule has 1 heterocycles. The maximum Gasteiger partial charge on any atom is 0.193 e. The number of hydrogen-bond donors (Lipinski definition) is 1. The minimum absolute atomic E-state index is 0.00604. The summed E-state index contributed by atoms with van der Waals surface area (Å²) in [6.07, 6.45) is 1.84. The zero-order valence-corrected chi connectivity index (χ0v) is 20.1. The van der Waals surface area contributed by atoms with Crippen molar-refractivity contribution < 1.29 is 14.3 Å². The van der Waals surface area contributed by atoms with E-state index >= 15 is 0 Å². The van der Waals surface area contributed by atoms with Crippen LogP contribution in [0.15, 0.2) is 59.8 Å². The highest BCUT2D eigenvalue weighted by Gasteiger charge is 2.34. The van der Waals surface area contributed by atoms with Crippen molar-refractivity contribution in [3.63, 3.8) is 0 Å². The third-order valence-electron chi connectivity index (χ3n) is 5.39. The summed E-state index contributed by atoms with van der Waals surface area (Å²) in [6, 6.07) is 14.9. The molecule has 0 bridgehead atoms. The van der Waals surface area contributed by atoms with Crippen molar-refractivity contribution in [3.8, 4) is 11.5 Å². The second kappa shape index (κ2) is 11.1. The number of thiocarbonyl (C=S) groups is 1. The molecular formula is C26H32N2O3S. The number of nitrogens with zero attached hydrogens (tertiary/aromatic N) is 1. The molecule has 3 rings (SSSR count). The first-order chi connectivity index (χ1) is 15.5. The maximum atomic E-state index is 13.6. The fourth-order valence-electron chi connectivity index (χ4n) is 3.87. The number of allylic oxidation sites excluding steroid dienone is 1. The van der Waals surface area contributed by atoms with E-state index in [2.05, 4.69) is 19.2 Å². The molecule has 170 valence electrons. The molecule has 1 unspecified atom stereocenters. The van der Waals surface area contributed by atoms with Crippen LogP contribution in [0.5, 0.6) is 11.5 Å². The summed E-state index contributed by atoms with van der Waals surface area (Å²) in [6.45, 7) is 9.99. The molecule has 0 radical (unpaired) electrons. The SMILES string of the molecule is CCCOc1ccc(C2NC(=S)N(CCC)C(C)=C2C(=O)c2ccccc2)cc1OCC. The molecular weight excluding hydrogens is 420 g/mol. The van der Waals surface area contributed by atoms with Gasteiger partial charge >= 0.3 is 0 Å². The van der Waals surface area contributed by atoms with Gasteiger partial charge in [0.25, 0.3) is 0 Å². The Morgan fingerprint density at radius 1 is 1.03 bits per heavy atom. The predicted molar refractivity (Wildman–Crippen MR) is 132 cm³/mol. The molecule has 0 amide bonds. The fourth-order valence-corrected chi connectivity index (χ4v) is 4.21. The van der Waals surface area contributed by atoms with Crippen molar-refractivity contribution in [2.45, 2.75) is 46.6 Å². The molecule has 1 aliphatic rings. The Hall–Kier alpha value is -2.86. The van der Waals surface area contributed by atoms with Gasteiger partial charge < -0.3 is 19.7 Å². The Labute approximate surface area is 196 Å². The number of ketones is 1. The molecule has 5 nitrogen and oxygen atoms in total. The van der Waals surface area contributed by atoms with Gasteiger partial charge in [-0.25, -0.2) is 0 Å². The molecule has 0 fully saturated rings. The average Bonchev–Trinajstić information content (AvgIpc) is 2.81. The lowest BCUT2D eigenvalue weighted by atomic mass is 9.89. The number of rotatable bonds is 10. The largest absolute Gasteiger partial charge is 0.490 e. The number of benzene rings is 2. The molecule has 0 aliphatic carbocycles. The van der Waals surface area contributed by atoms with Crippen LogP contribution in [-0.4, -0.2) is 35.6 Å². The van der Waals surface area contributed by atoms with Gasteiger partial charge in [-0.05, 0) is 56.6 Å². The number of nitrogens with one attached hydrogen (secondary N) is 1. The van der Waals surface area contributed by atoms with E-state index in [4.69, 9.17) is 21.7 Å². The van der Waals surface area contributed by atoms with Crippen LogP contribution in [0.1, 0.15) is 62.5 Å². The average molecular weight is 453 g/mol. The molecule has 6 heteroatoms. The Morgan fingerprint density at radius 3 is 2.44 bits per heavy atom. The predicted octanol–water partition coefficient (Wildman–Crippen LogP) is 5.67. The highest BCUT2D eigenvalue weighted by Crippen LogP contribution is 2.37. The standard InChI is InChI=1S/C26H32N2O3S/c1-5-15-28-18(4)23(25(29)19-11-9-8-10-12-19)24(27-26(28)32)20-13-14-21(31-16-6-2)22(17-20)30-7-3/h8-14,17,24H,5-7,15-16H2,1-4H3,(H,27,32). The minimum atomic E-state index is -0.372. The molecule has 0 saturated heterocycles. The Bertz CT molecular complexity index is 988. The first-order valence-electron chi connectivity index (χ1n) is 11.3. The lowest BCUT2D eigenvalue weighted by Crippen LogP contribution is -2.47. The minimum Gasteiger partial charge on any atom is -0.490 e. The summed E-state index contributed by atoms with van der Waals surface area (Å²) in [7, 11) is 0. The molecule has 32 heavy (non-hydrogen) atoms. The monoisotopic (exact) mass is 452 g/mol. The second-order valence-electron chi connectivity index (χ2n) is 7.72. The van der Waals surface area contributed by atoms with Gasteiger partial charge in [0.1, 0.15) is 0 Å². The van der Waals surface area contributed by atoms with Gasteiger partial charge in [0.15, 0.2) is 22.4 Å². The lowest BCUT2D eigenvalue weighted by Gasteiger charge is -2.38. The zero-order chi connectivity index (χ0) is 23.1. The first-order valence-corrected chi connectivity index (χ1v) is 11.7. The van der Waals surface area contributed by atoms with Crippen LogP contribution < -0.4 is 14.8 Å². The van der Waals surface area contributed by atoms with Gasteiger partial charge in [-0.2, -0.15) is 0 Å². The highest BCUT2D eigenvalue weighted by atomic mass is 32.1. The van der Waals surface area contributed by atoms with Crippen LogP contribution in [0.25, 0.3) is 0 Å². The Kier molecular flexibility index (Phi) is 8.28. The van der Waals surface area contributed by atoms with Gasteiger partial charge in [0.05, 0.1) is 19.3 Å². The summed E-state index contributed by atoms with van der Waals surface area (Å²) in [5.41, 5.74) is 3.15. The van der Waals surface area contributed by atoms with Gasteiger partial charge in [-0.3, -0.25) is 4.79 Å². The van der Waals surface area contributed by atoms with Gasteiger partial charge in [0, 0.05) is 23.4 Å². The number of ether oxygens (including phenoxy) is 2. The van der Waals surface area contributed by atoms with Crippen LogP contribution in [0, 0.1) is 0 Å². The van der Waals surface area contributed by atoms with Crippen molar-refractivity contribution in [2.24, 2.45) is 0 Å². The highest BCUT2D eigenvalue weighted by molar-refractivity contribution is 7.80. The zero-order valence-electron chi connectivity index (χ0n) is 19.3. The van der Waals surface area contributed by atoms with Crippen molar-refractivity contribution in [1.29, 1.82) is 0 Å². The molecule has 1 N–H and O–H groups in total. The number of carbonyl (C=O) groups is 1. The van der Waals surface area contributed by atoms with E-state index in [0.29, 0.717) is 41.0 Å². The van der Waals surface area contributed by atoms with Crippen molar-refractivity contribution in [3.05, 3.63) is 70.9 Å². The molecule has 0 aromatic heterocycles. The van der Waals surface area contributed by atoms with E-state index in [9.17, 15) is 4.79 Å². The maximum absolute atomic E-state index is 13.6. The normalized spacial score (nSPS) is 16.1. The van der Waals surface area contributed by atoms with E-state index in [1.54, 1.807) is 0 Å². The molecule has 0 spiro atoms. The van der Waals surface area contributed by atoms with E-state index in [-0.39, 0.29) is 11.8 Å². The second-order valence-corrected chi connectivity index (χ2v) is 8.10. The van der Waals surface area contributed by atoms with Crippen LogP contribution in [-0.2, 0) is 0 Å². The smallest absolute Gasteiger partial charge is 0.193 e. The van der Waals surface area contributed by atoms with Crippen molar-refractivity contribution in [2.75, 3.05) is 19.8 Å². The van der Waals surface area contributed by atoms with Crippen LogP contribution in [0.4, 0.5) is 0 Å². The third kappa shape index (κ3) is 5.13. The first kappa shape index (κ1) is 23.8. The molecule has 1 aliphatic heterocycles. The third-order valence-corrected chi connectivity index (χ3v) is 5.72. The van der Waals surface area contributed by atoms with Gasteiger partial charge in [-0.1, -0.05) is 50.2 Å². The van der Waals surface area contributed by atoms with Crippen LogP contribution >= 0.6 is 12.2 Å². The van der Waals surface area contributed by atoms with Gasteiger partial charge in [-0.15, -0.1) is 0 Å². The van der Waals surface area contributed by atoms with Gasteiger partial charge in [0.2, 0.25) is 0 Å². The topological polar surface area (TPSA) is 50.8 Å². The summed E-state index contributed by atoms with van der Waals surface area (Å²) < 4.78 is 11.7. The fraction of sp³-hybridized carbons (Fsp3) is 0.385. The van der Waals surface area contributed by atoms with E-state index in [0.717, 1.165) is 30.6 Å². The molecule has 0 saturated carbocycles. The van der Waals surface area contributed by atoms with Crippen LogP contribution in [0.2, 0.25) is 0 Å². The summed E-state index contributed by atoms with van der Waals surface area (Å²) >= 11 is 5.68. The molecule has 1 atom stereocenters. The summed E-state index contributed by atoms with van der Waals surface area (Å²) in [4.78, 5) is 15.7. The van der Waals surface area contributed by atoms with E-state index in [1.807, 2.05) is 67.3 Å². The quantitative estimate of drug-likeness (QED) is 0.370. The Balaban J connectivity index is 2.09. The summed E-state index contributed by atoms with van der Waals surface area (Å²) in [5, 5.41) is 4.04. The van der Waals surface area contributed by atoms with E-state index in [1.165, 1.54) is 0 Å². The number of Topliss-reactive ketones (excluding diaryl/α,β-unsaturated/α-hetero) is 1. The Morgan fingerprint density at radius 2 is 1.78 bits per heavy atom. The van der Waals surface area contributed by atoms with Crippen molar-refractivity contribution >= 4 is 23.1 Å². The molecule has 2 aromatic carbocycles. The number of carbonyl (C=O) groups excluding carboxylic acids is 1. The van der Waals surface area contributed by atoms with Crippen molar-refractivity contribution in [1.82, 2.24) is 10.2 Å². The number of hydrogen-bond acceptors (Lipinski definition) is 4. The van der Waals surface area contributed by atoms with Crippen LogP contribution in [0.3, 0.4) is 0 Å². The van der Waals surface area contributed by atoms with E-state index < -0.39 is 0 Å². The summed E-state index contributed by atoms with van der Waals surface area (Å²) in [5.74, 6) is 1.37.